The summed E-state index contributed by atoms with van der Waals surface area (Å²) in [5, 5.41) is 2.71. The Hall–Kier alpha value is -2.10. The van der Waals surface area contributed by atoms with E-state index in [4.69, 9.17) is 22.1 Å². The summed E-state index contributed by atoms with van der Waals surface area (Å²) in [4.78, 5) is 4.26. The van der Waals surface area contributed by atoms with E-state index in [0.29, 0.717) is 13.2 Å². The topological polar surface area (TPSA) is 48.1 Å². The highest BCUT2D eigenvalue weighted by Crippen LogP contribution is 2.31. The summed E-state index contributed by atoms with van der Waals surface area (Å²) in [6.07, 6.45) is 1.74. The van der Waals surface area contributed by atoms with Crippen LogP contribution in [0.1, 0.15) is 11.3 Å². The smallest absolute Gasteiger partial charge is 0.127 e. The second-order valence-electron chi connectivity index (χ2n) is 4.69. The fourth-order valence-corrected chi connectivity index (χ4v) is 2.53. The molecule has 2 N–H and O–H groups in total. The summed E-state index contributed by atoms with van der Waals surface area (Å²) >= 11 is 6.21. The number of pyridine rings is 1. The fraction of sp³-hybridized carbons (Fsp3) is 0.118. The fourth-order valence-electron chi connectivity index (χ4n) is 2.30. The van der Waals surface area contributed by atoms with Crippen molar-refractivity contribution in [3.8, 4) is 5.75 Å². The van der Waals surface area contributed by atoms with E-state index in [1.165, 1.54) is 0 Å². The van der Waals surface area contributed by atoms with Crippen LogP contribution in [0.4, 0.5) is 0 Å². The predicted octanol–water partition coefficient (Wildman–Crippen LogP) is 3.93. The second-order valence-corrected chi connectivity index (χ2v) is 5.10. The maximum atomic E-state index is 6.21. The van der Waals surface area contributed by atoms with Crippen LogP contribution >= 0.6 is 11.6 Å². The van der Waals surface area contributed by atoms with Gasteiger partial charge in [-0.1, -0.05) is 41.9 Å². The molecule has 0 radical (unpaired) electrons. The maximum Gasteiger partial charge on any atom is 0.127 e. The lowest BCUT2D eigenvalue weighted by atomic mass is 10.1. The van der Waals surface area contributed by atoms with E-state index in [1.807, 2.05) is 48.5 Å². The van der Waals surface area contributed by atoms with E-state index in [1.54, 1.807) is 6.20 Å². The lowest BCUT2D eigenvalue weighted by Gasteiger charge is -2.12. The van der Waals surface area contributed by atoms with Crippen LogP contribution in [-0.2, 0) is 13.2 Å². The molecule has 0 atom stereocenters. The van der Waals surface area contributed by atoms with Crippen LogP contribution in [0.5, 0.6) is 5.75 Å². The molecule has 0 aliphatic rings. The minimum Gasteiger partial charge on any atom is -0.488 e. The third-order valence-corrected chi connectivity index (χ3v) is 3.72. The van der Waals surface area contributed by atoms with Crippen molar-refractivity contribution in [2.45, 2.75) is 13.2 Å². The Morgan fingerprint density at radius 2 is 1.81 bits per heavy atom. The number of nitrogens with zero attached hydrogens (tertiary/aromatic N) is 1. The lowest BCUT2D eigenvalue weighted by Crippen LogP contribution is -2.06. The van der Waals surface area contributed by atoms with Gasteiger partial charge in [-0.15, -0.1) is 0 Å². The number of aromatic nitrogens is 1. The van der Waals surface area contributed by atoms with E-state index in [-0.39, 0.29) is 0 Å². The van der Waals surface area contributed by atoms with Gasteiger partial charge in [-0.3, -0.25) is 4.98 Å². The van der Waals surface area contributed by atoms with Gasteiger partial charge in [0.2, 0.25) is 0 Å². The Kier molecular flexibility index (Phi) is 4.04. The minimum atomic E-state index is 0.404. The Balaban J connectivity index is 1.91. The molecule has 0 bridgehead atoms. The first-order valence-electron chi connectivity index (χ1n) is 6.72. The quantitative estimate of drug-likeness (QED) is 0.794. The number of ether oxygens (including phenoxy) is 1. The normalized spacial score (nSPS) is 10.8. The highest BCUT2D eigenvalue weighted by Gasteiger charge is 2.07. The molecule has 0 fully saturated rings. The molecule has 4 heteroatoms. The molecule has 1 heterocycles. The summed E-state index contributed by atoms with van der Waals surface area (Å²) in [5.41, 5.74) is 7.55. The largest absolute Gasteiger partial charge is 0.488 e. The van der Waals surface area contributed by atoms with Crippen molar-refractivity contribution >= 4 is 22.4 Å². The molecular formula is C17H15ClN2O. The summed E-state index contributed by atoms with van der Waals surface area (Å²) < 4.78 is 5.95. The van der Waals surface area contributed by atoms with Crippen molar-refractivity contribution in [2.24, 2.45) is 5.73 Å². The second kappa shape index (κ2) is 6.12. The first-order valence-corrected chi connectivity index (χ1v) is 7.10. The molecule has 3 rings (SSSR count). The monoisotopic (exact) mass is 298 g/mol. The SMILES string of the molecule is NCc1ncccc1COc1ccc(Cl)c2ccccc12. The zero-order chi connectivity index (χ0) is 14.7. The summed E-state index contributed by atoms with van der Waals surface area (Å²) in [6, 6.07) is 15.5. The van der Waals surface area contributed by atoms with E-state index < -0.39 is 0 Å². The van der Waals surface area contributed by atoms with Gasteiger partial charge in [0, 0.05) is 34.1 Å². The number of nitrogens with two attached hydrogens (primary N) is 1. The van der Waals surface area contributed by atoms with Gasteiger partial charge in [-0.25, -0.2) is 0 Å². The van der Waals surface area contributed by atoms with Crippen LogP contribution in [0.3, 0.4) is 0 Å². The highest BCUT2D eigenvalue weighted by molar-refractivity contribution is 6.35. The summed E-state index contributed by atoms with van der Waals surface area (Å²) in [5.74, 6) is 0.807. The van der Waals surface area contributed by atoms with Crippen molar-refractivity contribution < 1.29 is 4.74 Å². The van der Waals surface area contributed by atoms with Crippen molar-refractivity contribution in [3.63, 3.8) is 0 Å². The summed E-state index contributed by atoms with van der Waals surface area (Å²) in [7, 11) is 0. The molecule has 0 aliphatic carbocycles. The zero-order valence-corrected chi connectivity index (χ0v) is 12.2. The van der Waals surface area contributed by atoms with Crippen LogP contribution in [0.15, 0.2) is 54.7 Å². The van der Waals surface area contributed by atoms with Crippen molar-refractivity contribution in [3.05, 3.63) is 71.0 Å². The number of benzene rings is 2. The molecule has 3 aromatic rings. The van der Waals surface area contributed by atoms with Gasteiger partial charge in [0.05, 0.1) is 5.69 Å². The standard InChI is InChI=1S/C17H15ClN2O/c18-15-7-8-17(14-6-2-1-5-13(14)15)21-11-12-4-3-9-20-16(12)10-19/h1-9H,10-11,19H2. The summed E-state index contributed by atoms with van der Waals surface area (Å²) in [6.45, 7) is 0.840. The average molecular weight is 299 g/mol. The van der Waals surface area contributed by atoms with E-state index in [0.717, 1.165) is 32.8 Å². The average Bonchev–Trinajstić information content (AvgIpc) is 2.55. The first-order chi connectivity index (χ1) is 10.3. The zero-order valence-electron chi connectivity index (χ0n) is 11.4. The molecule has 0 aliphatic heterocycles. The number of rotatable bonds is 4. The predicted molar refractivity (Wildman–Crippen MR) is 85.4 cm³/mol. The van der Waals surface area contributed by atoms with Crippen LogP contribution < -0.4 is 10.5 Å². The molecule has 106 valence electrons. The molecular weight excluding hydrogens is 284 g/mol. The molecule has 2 aromatic carbocycles. The third kappa shape index (κ3) is 2.84. The van der Waals surface area contributed by atoms with Gasteiger partial charge in [0.15, 0.2) is 0 Å². The first kappa shape index (κ1) is 13.9. The van der Waals surface area contributed by atoms with Crippen molar-refractivity contribution in [1.29, 1.82) is 0 Å². The molecule has 0 saturated carbocycles. The molecule has 0 amide bonds. The van der Waals surface area contributed by atoms with Gasteiger partial charge in [0.25, 0.3) is 0 Å². The van der Waals surface area contributed by atoms with Gasteiger partial charge in [-0.2, -0.15) is 0 Å². The molecule has 21 heavy (non-hydrogen) atoms. The van der Waals surface area contributed by atoms with Gasteiger partial charge < -0.3 is 10.5 Å². The van der Waals surface area contributed by atoms with Crippen LogP contribution in [0.25, 0.3) is 10.8 Å². The van der Waals surface area contributed by atoms with Crippen LogP contribution in [0.2, 0.25) is 5.02 Å². The number of hydrogen-bond acceptors (Lipinski definition) is 3. The minimum absolute atomic E-state index is 0.404. The Bertz CT molecular complexity index is 774. The van der Waals surface area contributed by atoms with Crippen LogP contribution in [-0.4, -0.2) is 4.98 Å². The molecule has 0 spiro atoms. The Morgan fingerprint density at radius 1 is 1.00 bits per heavy atom. The molecule has 3 nitrogen and oxygen atoms in total. The number of hydrogen-bond donors (Lipinski definition) is 1. The highest BCUT2D eigenvalue weighted by atomic mass is 35.5. The maximum absolute atomic E-state index is 6.21. The molecule has 1 aromatic heterocycles. The lowest BCUT2D eigenvalue weighted by molar-refractivity contribution is 0.308. The van der Waals surface area contributed by atoms with Crippen molar-refractivity contribution in [2.75, 3.05) is 0 Å². The number of fused-ring (bicyclic) bond motifs is 1. The van der Waals surface area contributed by atoms with Crippen LogP contribution in [0, 0.1) is 0 Å². The third-order valence-electron chi connectivity index (χ3n) is 3.39. The van der Waals surface area contributed by atoms with E-state index >= 15 is 0 Å². The van der Waals surface area contributed by atoms with Gasteiger partial charge in [0.1, 0.15) is 12.4 Å². The van der Waals surface area contributed by atoms with E-state index in [9.17, 15) is 0 Å². The molecule has 0 unspecified atom stereocenters. The Labute approximate surface area is 128 Å². The number of halogens is 1. The van der Waals surface area contributed by atoms with Crippen molar-refractivity contribution in [1.82, 2.24) is 4.98 Å². The van der Waals surface area contributed by atoms with Gasteiger partial charge >= 0.3 is 0 Å². The van der Waals surface area contributed by atoms with E-state index in [2.05, 4.69) is 4.98 Å². The molecule has 0 saturated heterocycles. The van der Waals surface area contributed by atoms with Gasteiger partial charge in [-0.05, 0) is 18.2 Å². The Morgan fingerprint density at radius 3 is 2.62 bits per heavy atom.